The van der Waals surface area contributed by atoms with Crippen LogP contribution in [0, 0.1) is 0 Å². The van der Waals surface area contributed by atoms with Gasteiger partial charge in [0.2, 0.25) is 0 Å². The maximum Gasteiger partial charge on any atom is 0.306 e. The van der Waals surface area contributed by atoms with Crippen molar-refractivity contribution in [3.05, 3.63) is 36.5 Å². The number of hydrogen-bond acceptors (Lipinski definition) is 10. The zero-order valence-corrected chi connectivity index (χ0v) is 48.3. The lowest BCUT2D eigenvalue weighted by molar-refractivity contribution is -0.178. The summed E-state index contributed by atoms with van der Waals surface area (Å²) in [5, 5.41) is 9.17. The third-order valence-electron chi connectivity index (χ3n) is 14.2. The van der Waals surface area contributed by atoms with E-state index in [-0.39, 0.29) is 76.8 Å². The van der Waals surface area contributed by atoms with E-state index in [1.165, 1.54) is 135 Å². The lowest BCUT2D eigenvalue weighted by atomic mass is 10.1. The van der Waals surface area contributed by atoms with Gasteiger partial charge in [0, 0.05) is 19.3 Å². The SMILES string of the molecule is CCCCCCCC/C=C\CCCCCCCC(=O)OCC(OC(=O)CCCCCCC/C=C\CCCCCCCC)[C@H]1OC[C@@H](OCCOCCO)[C@@H]1OC(=O)CCCCCCC/C=C\CCCCCCCC. The summed E-state index contributed by atoms with van der Waals surface area (Å²) in [6, 6.07) is 0. The van der Waals surface area contributed by atoms with Crippen LogP contribution in [0.2, 0.25) is 0 Å². The van der Waals surface area contributed by atoms with Gasteiger partial charge in [-0.1, -0.05) is 211 Å². The first-order valence-corrected chi connectivity index (χ1v) is 31.4. The zero-order chi connectivity index (χ0) is 53.5. The number of carbonyl (C=O) groups excluding carboxylic acids is 3. The topological polar surface area (TPSA) is 127 Å². The molecule has 74 heavy (non-hydrogen) atoms. The molecule has 0 amide bonds. The Kier molecular flexibility index (Phi) is 51.9. The lowest BCUT2D eigenvalue weighted by Crippen LogP contribution is -2.46. The molecule has 1 rings (SSSR count). The quantitative estimate of drug-likeness (QED) is 0.0272. The third kappa shape index (κ3) is 44.6. The average Bonchev–Trinajstić information content (AvgIpc) is 3.79. The van der Waals surface area contributed by atoms with Gasteiger partial charge < -0.3 is 33.5 Å². The number of aliphatic hydroxyl groups excluding tert-OH is 1. The fourth-order valence-corrected chi connectivity index (χ4v) is 9.54. The minimum atomic E-state index is -0.972. The zero-order valence-electron chi connectivity index (χ0n) is 48.3. The molecule has 0 saturated carbocycles. The number of allylic oxidation sites excluding steroid dienone is 6. The van der Waals surface area contributed by atoms with Crippen LogP contribution in [-0.2, 0) is 42.8 Å². The second-order valence-electron chi connectivity index (χ2n) is 21.2. The van der Waals surface area contributed by atoms with Gasteiger partial charge in [-0.25, -0.2) is 0 Å². The number of rotatable bonds is 56. The van der Waals surface area contributed by atoms with Gasteiger partial charge in [-0.3, -0.25) is 14.4 Å². The van der Waals surface area contributed by atoms with Gasteiger partial charge in [0.05, 0.1) is 33.0 Å². The molecule has 0 aliphatic carbocycles. The van der Waals surface area contributed by atoms with Crippen LogP contribution in [0.15, 0.2) is 36.5 Å². The van der Waals surface area contributed by atoms with Crippen LogP contribution in [0.25, 0.3) is 0 Å². The Hall–Kier alpha value is -2.53. The molecule has 1 heterocycles. The van der Waals surface area contributed by atoms with Gasteiger partial charge in [-0.15, -0.1) is 0 Å². The van der Waals surface area contributed by atoms with E-state index >= 15 is 0 Å². The Morgan fingerprint density at radius 3 is 1.23 bits per heavy atom. The first kappa shape index (κ1) is 69.5. The van der Waals surface area contributed by atoms with Gasteiger partial charge in [0.25, 0.3) is 0 Å². The maximum absolute atomic E-state index is 13.5. The molecule has 0 aromatic heterocycles. The average molecular weight is 1050 g/mol. The van der Waals surface area contributed by atoms with Crippen LogP contribution >= 0.6 is 0 Å². The highest BCUT2D eigenvalue weighted by Crippen LogP contribution is 2.27. The number of esters is 3. The van der Waals surface area contributed by atoms with E-state index in [0.717, 1.165) is 103 Å². The van der Waals surface area contributed by atoms with Crippen molar-refractivity contribution in [3.8, 4) is 0 Å². The highest BCUT2D eigenvalue weighted by molar-refractivity contribution is 5.71. The number of aliphatic hydroxyl groups is 1. The van der Waals surface area contributed by atoms with Crippen molar-refractivity contribution in [2.75, 3.05) is 39.6 Å². The standard InChI is InChI=1S/C64H116O10/c1-4-7-10-13-16-19-22-25-28-31-34-37-40-43-46-49-60(66)71-57-59(73-61(67)50-47-44-41-38-35-32-29-26-23-20-17-14-11-8-5-2)63-64(58(56-72-63)70-55-54-69-53-52-65)74-62(68)51-48-45-42-39-36-33-30-27-24-21-18-15-12-9-6-3/h25-30,58-59,63-65H,4-24,31-57H2,1-3H3/b28-25-,29-26-,30-27-/t58-,59?,63-,64+/m1/s1. The van der Waals surface area contributed by atoms with Crippen LogP contribution in [0.1, 0.15) is 290 Å². The summed E-state index contributed by atoms with van der Waals surface area (Å²) in [6.45, 7) is 7.25. The largest absolute Gasteiger partial charge is 0.462 e. The molecule has 432 valence electrons. The summed E-state index contributed by atoms with van der Waals surface area (Å²) >= 11 is 0. The van der Waals surface area contributed by atoms with Crippen molar-refractivity contribution >= 4 is 17.9 Å². The first-order chi connectivity index (χ1) is 36.5. The highest BCUT2D eigenvalue weighted by Gasteiger charge is 2.47. The maximum atomic E-state index is 13.5. The van der Waals surface area contributed by atoms with Crippen molar-refractivity contribution in [2.45, 2.75) is 315 Å². The summed E-state index contributed by atoms with van der Waals surface area (Å²) < 4.78 is 35.8. The van der Waals surface area contributed by atoms with Crippen LogP contribution in [-0.4, -0.2) is 87.1 Å². The molecule has 0 bridgehead atoms. The summed E-state index contributed by atoms with van der Waals surface area (Å²) in [5.41, 5.74) is 0. The summed E-state index contributed by atoms with van der Waals surface area (Å²) in [5.74, 6) is -1.08. The van der Waals surface area contributed by atoms with Gasteiger partial charge in [0.1, 0.15) is 18.8 Å². The van der Waals surface area contributed by atoms with Crippen molar-refractivity contribution < 1.29 is 47.9 Å². The van der Waals surface area contributed by atoms with E-state index in [1.807, 2.05) is 0 Å². The molecule has 1 aliphatic heterocycles. The van der Waals surface area contributed by atoms with Gasteiger partial charge >= 0.3 is 17.9 Å². The first-order valence-electron chi connectivity index (χ1n) is 31.4. The van der Waals surface area contributed by atoms with Crippen LogP contribution in [0.3, 0.4) is 0 Å². The molecule has 1 unspecified atom stereocenters. The fraction of sp³-hybridized carbons (Fsp3) is 0.859. The molecule has 0 radical (unpaired) electrons. The molecule has 1 fully saturated rings. The van der Waals surface area contributed by atoms with Crippen LogP contribution in [0.5, 0.6) is 0 Å². The van der Waals surface area contributed by atoms with E-state index < -0.39 is 24.4 Å². The second-order valence-corrected chi connectivity index (χ2v) is 21.2. The minimum Gasteiger partial charge on any atom is -0.462 e. The predicted octanol–water partition coefficient (Wildman–Crippen LogP) is 17.3. The molecule has 0 spiro atoms. The normalized spacial score (nSPS) is 16.3. The fourth-order valence-electron chi connectivity index (χ4n) is 9.54. The molecule has 4 atom stereocenters. The van der Waals surface area contributed by atoms with Crippen molar-refractivity contribution in [1.82, 2.24) is 0 Å². The van der Waals surface area contributed by atoms with Crippen molar-refractivity contribution in [1.29, 1.82) is 0 Å². The minimum absolute atomic E-state index is 0.0920. The number of ether oxygens (including phenoxy) is 6. The Morgan fingerprint density at radius 2 is 0.824 bits per heavy atom. The highest BCUT2D eigenvalue weighted by atomic mass is 16.6. The van der Waals surface area contributed by atoms with Crippen molar-refractivity contribution in [2.24, 2.45) is 0 Å². The Bertz CT molecular complexity index is 1330. The Balaban J connectivity index is 2.73. The third-order valence-corrected chi connectivity index (χ3v) is 14.2. The molecule has 10 heteroatoms. The molecule has 1 N–H and O–H groups in total. The van der Waals surface area contributed by atoms with Gasteiger partial charge in [0.15, 0.2) is 12.2 Å². The molecule has 1 aliphatic rings. The molecular weight excluding hydrogens is 929 g/mol. The molecule has 10 nitrogen and oxygen atoms in total. The van der Waals surface area contributed by atoms with Gasteiger partial charge in [-0.2, -0.15) is 0 Å². The predicted molar refractivity (Wildman–Crippen MR) is 306 cm³/mol. The van der Waals surface area contributed by atoms with E-state index in [9.17, 15) is 14.4 Å². The van der Waals surface area contributed by atoms with Crippen LogP contribution < -0.4 is 0 Å². The van der Waals surface area contributed by atoms with E-state index in [0.29, 0.717) is 12.8 Å². The molecular formula is C64H116O10. The number of hydrogen-bond donors (Lipinski definition) is 1. The van der Waals surface area contributed by atoms with Gasteiger partial charge in [-0.05, 0) is 96.3 Å². The van der Waals surface area contributed by atoms with E-state index in [1.54, 1.807) is 0 Å². The number of unbranched alkanes of at least 4 members (excludes halogenated alkanes) is 33. The lowest BCUT2D eigenvalue weighted by Gasteiger charge is -2.29. The van der Waals surface area contributed by atoms with E-state index in [2.05, 4.69) is 57.2 Å². The Morgan fingerprint density at radius 1 is 0.459 bits per heavy atom. The van der Waals surface area contributed by atoms with E-state index in [4.69, 9.17) is 33.5 Å². The summed E-state index contributed by atoms with van der Waals surface area (Å²) in [4.78, 5) is 40.0. The summed E-state index contributed by atoms with van der Waals surface area (Å²) in [6.07, 6.45) is 57.2. The van der Waals surface area contributed by atoms with Crippen LogP contribution in [0.4, 0.5) is 0 Å². The number of carbonyl (C=O) groups is 3. The molecule has 0 aromatic rings. The monoisotopic (exact) mass is 1040 g/mol. The second kappa shape index (κ2) is 55.2. The summed E-state index contributed by atoms with van der Waals surface area (Å²) in [7, 11) is 0. The molecule has 1 saturated heterocycles. The smallest absolute Gasteiger partial charge is 0.306 e. The molecule has 0 aromatic carbocycles. The Labute approximate surface area is 455 Å². The van der Waals surface area contributed by atoms with Crippen molar-refractivity contribution in [3.63, 3.8) is 0 Å².